The topological polar surface area (TPSA) is 82.4 Å². The van der Waals surface area contributed by atoms with Gasteiger partial charge < -0.3 is 14.8 Å². The smallest absolute Gasteiger partial charge is 0.348 e. The van der Waals surface area contributed by atoms with Gasteiger partial charge in [-0.2, -0.15) is 5.10 Å². The number of anilines is 2. The second-order valence-corrected chi connectivity index (χ2v) is 9.26. The molecule has 0 aliphatic heterocycles. The van der Waals surface area contributed by atoms with E-state index in [1.54, 1.807) is 12.1 Å². The number of fused-ring (bicyclic) bond motifs is 3. The van der Waals surface area contributed by atoms with E-state index in [4.69, 9.17) is 9.47 Å². The lowest BCUT2D eigenvalue weighted by Crippen LogP contribution is -2.10. The van der Waals surface area contributed by atoms with E-state index in [1.807, 2.05) is 67.3 Å². The Bertz CT molecular complexity index is 1370. The molecule has 0 amide bonds. The van der Waals surface area contributed by atoms with E-state index in [1.165, 1.54) is 11.3 Å². The van der Waals surface area contributed by atoms with Crippen molar-refractivity contribution in [2.75, 3.05) is 11.9 Å². The van der Waals surface area contributed by atoms with Gasteiger partial charge in [-0.05, 0) is 60.7 Å². The Morgan fingerprint density at radius 3 is 2.54 bits per heavy atom. The average molecular weight is 488 g/mol. The lowest BCUT2D eigenvalue weighted by Gasteiger charge is -2.17. The number of nitrogens with one attached hydrogen (secondary N) is 1. The Morgan fingerprint density at radius 1 is 1.03 bits per heavy atom. The highest BCUT2D eigenvalue weighted by Gasteiger charge is 2.31. The van der Waals surface area contributed by atoms with Crippen LogP contribution in [0.15, 0.2) is 60.8 Å². The molecule has 0 unspecified atom stereocenters. The quantitative estimate of drug-likeness (QED) is 0.346. The predicted octanol–water partition coefficient (Wildman–Crippen LogP) is 5.52. The van der Waals surface area contributed by atoms with Crippen LogP contribution in [0.5, 0.6) is 0 Å². The molecular formula is C27H25N3O4S. The lowest BCUT2D eigenvalue weighted by molar-refractivity contribution is 0.0471. The summed E-state index contributed by atoms with van der Waals surface area (Å²) in [6.45, 7) is 2.36. The normalized spacial score (nSPS) is 11.9. The van der Waals surface area contributed by atoms with E-state index in [-0.39, 0.29) is 18.5 Å². The highest BCUT2D eigenvalue weighted by atomic mass is 32.1. The van der Waals surface area contributed by atoms with Gasteiger partial charge in [0.1, 0.15) is 16.5 Å². The molecule has 1 N–H and O–H groups in total. The van der Waals surface area contributed by atoms with Gasteiger partial charge in [0, 0.05) is 18.3 Å². The van der Waals surface area contributed by atoms with Crippen LogP contribution in [-0.2, 0) is 36.0 Å². The number of benzene rings is 2. The van der Waals surface area contributed by atoms with E-state index in [0.717, 1.165) is 51.5 Å². The molecule has 0 spiro atoms. The summed E-state index contributed by atoms with van der Waals surface area (Å²) in [5, 5.41) is 8.73. The highest BCUT2D eigenvalue weighted by molar-refractivity contribution is 7.18. The monoisotopic (exact) mass is 487 g/mol. The molecule has 2 aromatic carbocycles. The minimum Gasteiger partial charge on any atom is -0.462 e. The molecule has 0 fully saturated rings. The van der Waals surface area contributed by atoms with Crippen LogP contribution in [0, 0.1) is 0 Å². The molecule has 0 bridgehead atoms. The first-order valence-electron chi connectivity index (χ1n) is 11.5. The Labute approximate surface area is 207 Å². The Morgan fingerprint density at radius 2 is 1.80 bits per heavy atom. The molecule has 35 heavy (non-hydrogen) atoms. The number of aromatic nitrogens is 2. The summed E-state index contributed by atoms with van der Waals surface area (Å²) >= 11 is 1.39. The first kappa shape index (κ1) is 22.9. The summed E-state index contributed by atoms with van der Waals surface area (Å²) in [5.74, 6) is -0.679. The number of rotatable bonds is 7. The van der Waals surface area contributed by atoms with Gasteiger partial charge in [-0.15, -0.1) is 11.3 Å². The number of hydrogen-bond donors (Lipinski definition) is 1. The van der Waals surface area contributed by atoms with E-state index in [0.29, 0.717) is 17.0 Å². The van der Waals surface area contributed by atoms with Crippen molar-refractivity contribution < 1.29 is 19.1 Å². The third kappa shape index (κ3) is 4.57. The summed E-state index contributed by atoms with van der Waals surface area (Å²) in [5.41, 5.74) is 6.38. The van der Waals surface area contributed by atoms with Crippen molar-refractivity contribution in [2.45, 2.75) is 26.4 Å². The first-order valence-corrected chi connectivity index (χ1v) is 12.3. The third-order valence-corrected chi connectivity index (χ3v) is 7.08. The molecule has 0 saturated heterocycles. The van der Waals surface area contributed by atoms with Crippen LogP contribution in [0.1, 0.15) is 43.6 Å². The second kappa shape index (κ2) is 9.76. The molecular weight excluding hydrogens is 462 g/mol. The van der Waals surface area contributed by atoms with Gasteiger partial charge in [0.2, 0.25) is 0 Å². The number of thiophene rings is 1. The molecule has 8 heteroatoms. The maximum absolute atomic E-state index is 12.7. The fourth-order valence-corrected chi connectivity index (χ4v) is 5.44. The SMILES string of the molecule is CCOC(=O)c1sc(Nc2ccc(C(=O)OCc3ccccc3)cc2)c2c1CCc1cnn(C)c1-2. The van der Waals surface area contributed by atoms with Gasteiger partial charge in [0.15, 0.2) is 0 Å². The van der Waals surface area contributed by atoms with Crippen LogP contribution in [-0.4, -0.2) is 28.3 Å². The summed E-state index contributed by atoms with van der Waals surface area (Å²) in [6, 6.07) is 16.7. The number of carbonyl (C=O) groups is 2. The molecule has 1 aliphatic rings. The third-order valence-electron chi connectivity index (χ3n) is 5.95. The van der Waals surface area contributed by atoms with Crippen LogP contribution < -0.4 is 5.32 Å². The van der Waals surface area contributed by atoms with Crippen LogP contribution in [0.2, 0.25) is 0 Å². The van der Waals surface area contributed by atoms with E-state index in [2.05, 4.69) is 10.4 Å². The lowest BCUT2D eigenvalue weighted by atomic mass is 9.91. The maximum Gasteiger partial charge on any atom is 0.348 e. The van der Waals surface area contributed by atoms with E-state index >= 15 is 0 Å². The van der Waals surface area contributed by atoms with Crippen molar-refractivity contribution in [3.63, 3.8) is 0 Å². The molecule has 2 aromatic heterocycles. The Balaban J connectivity index is 1.39. The molecule has 5 rings (SSSR count). The Kier molecular flexibility index (Phi) is 6.37. The highest BCUT2D eigenvalue weighted by Crippen LogP contribution is 2.46. The first-order chi connectivity index (χ1) is 17.0. The van der Waals surface area contributed by atoms with Gasteiger partial charge in [-0.1, -0.05) is 30.3 Å². The van der Waals surface area contributed by atoms with Gasteiger partial charge in [0.05, 0.1) is 24.1 Å². The number of carbonyl (C=O) groups excluding carboxylic acids is 2. The molecule has 7 nitrogen and oxygen atoms in total. The van der Waals surface area contributed by atoms with E-state index in [9.17, 15) is 9.59 Å². The largest absolute Gasteiger partial charge is 0.462 e. The summed E-state index contributed by atoms with van der Waals surface area (Å²) < 4.78 is 12.6. The van der Waals surface area contributed by atoms with Crippen molar-refractivity contribution in [2.24, 2.45) is 7.05 Å². The van der Waals surface area contributed by atoms with Crippen molar-refractivity contribution in [3.8, 4) is 11.3 Å². The van der Waals surface area contributed by atoms with Gasteiger partial charge in [-0.3, -0.25) is 4.68 Å². The number of aryl methyl sites for hydroxylation is 2. The average Bonchev–Trinajstić information content (AvgIpc) is 3.44. The molecule has 0 saturated carbocycles. The standard InChI is InChI=1S/C27H25N3O4S/c1-3-33-27(32)24-21-14-11-19-15-28-30(2)23(19)22(21)25(35-24)29-20-12-9-18(10-13-20)26(31)34-16-17-7-5-4-6-8-17/h4-10,12-13,15,29H,3,11,14,16H2,1-2H3. The minimum atomic E-state index is -0.377. The number of ether oxygens (including phenoxy) is 2. The van der Waals surface area contributed by atoms with Gasteiger partial charge >= 0.3 is 11.9 Å². The fraction of sp³-hybridized carbons (Fsp3) is 0.222. The number of hydrogen-bond acceptors (Lipinski definition) is 7. The summed E-state index contributed by atoms with van der Waals surface area (Å²) in [6.07, 6.45) is 3.48. The molecule has 178 valence electrons. The zero-order chi connectivity index (χ0) is 24.4. The fourth-order valence-electron chi connectivity index (χ4n) is 4.28. The van der Waals surface area contributed by atoms with Gasteiger partial charge in [-0.25, -0.2) is 9.59 Å². The van der Waals surface area contributed by atoms with Crippen molar-refractivity contribution in [1.82, 2.24) is 9.78 Å². The molecule has 4 aromatic rings. The van der Waals surface area contributed by atoms with Crippen LogP contribution in [0.3, 0.4) is 0 Å². The predicted molar refractivity (Wildman–Crippen MR) is 135 cm³/mol. The number of esters is 2. The second-order valence-electron chi connectivity index (χ2n) is 8.24. The minimum absolute atomic E-state index is 0.227. The molecule has 0 atom stereocenters. The molecule has 1 aliphatic carbocycles. The van der Waals surface area contributed by atoms with Crippen LogP contribution in [0.25, 0.3) is 11.3 Å². The summed E-state index contributed by atoms with van der Waals surface area (Å²) in [4.78, 5) is 25.8. The maximum atomic E-state index is 12.7. The zero-order valence-corrected chi connectivity index (χ0v) is 20.4. The molecule has 2 heterocycles. The van der Waals surface area contributed by atoms with Crippen molar-refractivity contribution in [3.05, 3.63) is 87.9 Å². The number of nitrogens with zero attached hydrogens (tertiary/aromatic N) is 2. The molecule has 0 radical (unpaired) electrons. The van der Waals surface area contributed by atoms with Gasteiger partial charge in [0.25, 0.3) is 0 Å². The van der Waals surface area contributed by atoms with E-state index < -0.39 is 0 Å². The summed E-state index contributed by atoms with van der Waals surface area (Å²) in [7, 11) is 1.91. The Hall–Kier alpha value is -3.91. The van der Waals surface area contributed by atoms with Crippen LogP contribution in [0.4, 0.5) is 10.7 Å². The zero-order valence-electron chi connectivity index (χ0n) is 19.5. The van der Waals surface area contributed by atoms with Crippen LogP contribution >= 0.6 is 11.3 Å². The van der Waals surface area contributed by atoms with Crippen molar-refractivity contribution in [1.29, 1.82) is 0 Å². The van der Waals surface area contributed by atoms with Crippen molar-refractivity contribution >= 4 is 34.0 Å².